The summed E-state index contributed by atoms with van der Waals surface area (Å²) in [7, 11) is 5.27. The molecule has 1 aliphatic rings. The minimum atomic E-state index is 0. The first-order chi connectivity index (χ1) is 17.5. The summed E-state index contributed by atoms with van der Waals surface area (Å²) in [4.78, 5) is 14.5. The molecular formula is C28H35ClN6O2. The van der Waals surface area contributed by atoms with Gasteiger partial charge in [0.2, 0.25) is 0 Å². The van der Waals surface area contributed by atoms with Crippen LogP contribution in [0.25, 0.3) is 22.3 Å². The van der Waals surface area contributed by atoms with Crippen LogP contribution in [-0.4, -0.2) is 64.5 Å². The summed E-state index contributed by atoms with van der Waals surface area (Å²) in [5, 5.41) is 4.28. The number of fused-ring (bicyclic) bond motifs is 1. The number of halogens is 1. The molecule has 1 saturated heterocycles. The maximum Gasteiger partial charge on any atom is 0.124 e. The number of hydrogen-bond acceptors (Lipinski definition) is 7. The van der Waals surface area contributed by atoms with Crippen molar-refractivity contribution in [3.8, 4) is 22.8 Å². The van der Waals surface area contributed by atoms with Crippen LogP contribution in [-0.2, 0) is 7.05 Å². The molecule has 37 heavy (non-hydrogen) atoms. The van der Waals surface area contributed by atoms with Gasteiger partial charge in [-0.05, 0) is 50.9 Å². The van der Waals surface area contributed by atoms with Gasteiger partial charge in [-0.25, -0.2) is 4.98 Å². The van der Waals surface area contributed by atoms with Crippen molar-refractivity contribution in [3.05, 3.63) is 55.0 Å². The molecule has 0 aliphatic carbocycles. The van der Waals surface area contributed by atoms with E-state index in [1.807, 2.05) is 31.6 Å². The molecule has 4 aromatic rings. The molecule has 1 aliphatic heterocycles. The van der Waals surface area contributed by atoms with Crippen molar-refractivity contribution in [2.24, 2.45) is 7.05 Å². The van der Waals surface area contributed by atoms with Crippen LogP contribution in [0.5, 0.6) is 11.5 Å². The lowest BCUT2D eigenvalue weighted by Crippen LogP contribution is -2.30. The van der Waals surface area contributed by atoms with Crippen LogP contribution in [0.1, 0.15) is 26.2 Å². The third-order valence-electron chi connectivity index (χ3n) is 7.00. The van der Waals surface area contributed by atoms with Crippen molar-refractivity contribution in [2.45, 2.75) is 32.2 Å². The van der Waals surface area contributed by atoms with Gasteiger partial charge in [0, 0.05) is 67.5 Å². The molecule has 0 bridgehead atoms. The SMILES string of the molecule is COc1cc(OC)cc(N(CCCN2CCC[C@@H]2C)c2ccc3ncc(-c4cnn(C)c4)nc3c2)c1.Cl. The molecule has 0 saturated carbocycles. The number of nitrogens with zero attached hydrogens (tertiary/aromatic N) is 6. The Kier molecular flexibility index (Phi) is 8.51. The predicted octanol–water partition coefficient (Wildman–Crippen LogP) is 5.48. The second kappa shape index (κ2) is 11.8. The lowest BCUT2D eigenvalue weighted by atomic mass is 10.1. The van der Waals surface area contributed by atoms with Gasteiger partial charge in [0.1, 0.15) is 11.5 Å². The Hall–Kier alpha value is -3.36. The Bertz CT molecular complexity index is 1320. The fourth-order valence-corrected chi connectivity index (χ4v) is 4.97. The van der Waals surface area contributed by atoms with Gasteiger partial charge in [-0.2, -0.15) is 5.10 Å². The molecule has 2 aromatic carbocycles. The highest BCUT2D eigenvalue weighted by molar-refractivity contribution is 5.85. The molecule has 0 N–H and O–H groups in total. The van der Waals surface area contributed by atoms with Crippen molar-refractivity contribution < 1.29 is 9.47 Å². The number of rotatable bonds is 9. The second-order valence-corrected chi connectivity index (χ2v) is 9.43. The van der Waals surface area contributed by atoms with E-state index < -0.39 is 0 Å². The highest BCUT2D eigenvalue weighted by atomic mass is 35.5. The molecule has 3 heterocycles. The first kappa shape index (κ1) is 26.7. The number of likely N-dealkylation sites (tertiary alicyclic amines) is 1. The Morgan fingerprint density at radius 3 is 2.43 bits per heavy atom. The summed E-state index contributed by atoms with van der Waals surface area (Å²) < 4.78 is 12.9. The average Bonchev–Trinajstić information content (AvgIpc) is 3.53. The zero-order valence-electron chi connectivity index (χ0n) is 21.9. The monoisotopic (exact) mass is 522 g/mol. The van der Waals surface area contributed by atoms with Gasteiger partial charge >= 0.3 is 0 Å². The van der Waals surface area contributed by atoms with E-state index in [0.717, 1.165) is 64.7 Å². The van der Waals surface area contributed by atoms with Gasteiger partial charge < -0.3 is 19.3 Å². The van der Waals surface area contributed by atoms with E-state index in [9.17, 15) is 0 Å². The summed E-state index contributed by atoms with van der Waals surface area (Å²) in [6, 6.07) is 13.0. The Balaban J connectivity index is 0.00000320. The Morgan fingerprint density at radius 2 is 1.78 bits per heavy atom. The minimum absolute atomic E-state index is 0. The molecule has 8 nitrogen and oxygen atoms in total. The van der Waals surface area contributed by atoms with Crippen molar-refractivity contribution in [2.75, 3.05) is 38.8 Å². The summed E-state index contributed by atoms with van der Waals surface area (Å²) >= 11 is 0. The van der Waals surface area contributed by atoms with Gasteiger partial charge in [-0.3, -0.25) is 9.67 Å². The molecule has 0 radical (unpaired) electrons. The fraction of sp³-hybridized carbons (Fsp3) is 0.393. The first-order valence-electron chi connectivity index (χ1n) is 12.5. The van der Waals surface area contributed by atoms with Crippen LogP contribution in [0.4, 0.5) is 11.4 Å². The van der Waals surface area contributed by atoms with Gasteiger partial charge in [0.25, 0.3) is 0 Å². The normalized spacial score (nSPS) is 15.5. The van der Waals surface area contributed by atoms with Gasteiger partial charge in [-0.1, -0.05) is 0 Å². The molecule has 1 atom stereocenters. The third kappa shape index (κ3) is 5.97. The standard InChI is InChI=1S/C28H34N6O2.ClH/c1-20-7-5-10-33(20)11-6-12-34(23-13-24(35-3)16-25(14-23)36-4)22-8-9-26-27(15-22)31-28(18-29-26)21-17-30-32(2)19-21;/h8-9,13-20H,5-7,10-12H2,1-4H3;1H/t20-;/m0./s1. The van der Waals surface area contributed by atoms with E-state index >= 15 is 0 Å². The third-order valence-corrected chi connectivity index (χ3v) is 7.00. The van der Waals surface area contributed by atoms with Crippen LogP contribution in [0.3, 0.4) is 0 Å². The second-order valence-electron chi connectivity index (χ2n) is 9.43. The van der Waals surface area contributed by atoms with Crippen molar-refractivity contribution in [1.29, 1.82) is 0 Å². The lowest BCUT2D eigenvalue weighted by molar-refractivity contribution is 0.267. The molecule has 0 unspecified atom stereocenters. The average molecular weight is 523 g/mol. The molecule has 0 amide bonds. The van der Waals surface area contributed by atoms with Gasteiger partial charge in [0.15, 0.2) is 0 Å². The zero-order valence-corrected chi connectivity index (χ0v) is 22.7. The van der Waals surface area contributed by atoms with E-state index in [0.29, 0.717) is 6.04 Å². The molecule has 2 aromatic heterocycles. The largest absolute Gasteiger partial charge is 0.497 e. The number of methoxy groups -OCH3 is 2. The highest BCUT2D eigenvalue weighted by Gasteiger charge is 2.20. The quantitative estimate of drug-likeness (QED) is 0.288. The topological polar surface area (TPSA) is 68.5 Å². The smallest absolute Gasteiger partial charge is 0.124 e. The van der Waals surface area contributed by atoms with Crippen molar-refractivity contribution in [3.63, 3.8) is 0 Å². The van der Waals surface area contributed by atoms with Gasteiger partial charge in [0.05, 0.1) is 43.3 Å². The number of aryl methyl sites for hydroxylation is 1. The number of ether oxygens (including phenoxy) is 2. The number of benzene rings is 2. The zero-order chi connectivity index (χ0) is 25.1. The molecule has 9 heteroatoms. The van der Waals surface area contributed by atoms with Gasteiger partial charge in [-0.15, -0.1) is 12.4 Å². The van der Waals surface area contributed by atoms with E-state index in [-0.39, 0.29) is 12.4 Å². The van der Waals surface area contributed by atoms with Crippen LogP contribution in [0.2, 0.25) is 0 Å². The first-order valence-corrected chi connectivity index (χ1v) is 12.5. The van der Waals surface area contributed by atoms with E-state index in [1.165, 1.54) is 19.4 Å². The van der Waals surface area contributed by atoms with E-state index in [2.05, 4.69) is 51.1 Å². The van der Waals surface area contributed by atoms with Crippen LogP contribution >= 0.6 is 12.4 Å². The Morgan fingerprint density at radius 1 is 1.00 bits per heavy atom. The molecule has 196 valence electrons. The maximum atomic E-state index is 5.58. The van der Waals surface area contributed by atoms with E-state index in [4.69, 9.17) is 14.5 Å². The van der Waals surface area contributed by atoms with E-state index in [1.54, 1.807) is 25.1 Å². The highest BCUT2D eigenvalue weighted by Crippen LogP contribution is 2.34. The van der Waals surface area contributed by atoms with Crippen LogP contribution in [0, 0.1) is 0 Å². The maximum absolute atomic E-state index is 5.58. The molecule has 1 fully saturated rings. The number of hydrogen-bond donors (Lipinski definition) is 0. The lowest BCUT2D eigenvalue weighted by Gasteiger charge is -2.28. The van der Waals surface area contributed by atoms with Crippen LogP contribution in [0.15, 0.2) is 55.0 Å². The predicted molar refractivity (Wildman–Crippen MR) is 150 cm³/mol. The number of anilines is 2. The van der Waals surface area contributed by atoms with Crippen molar-refractivity contribution >= 4 is 34.8 Å². The summed E-state index contributed by atoms with van der Waals surface area (Å²) in [5.41, 5.74) is 5.56. The Labute approximate surface area is 224 Å². The minimum Gasteiger partial charge on any atom is -0.497 e. The van der Waals surface area contributed by atoms with Crippen molar-refractivity contribution in [1.82, 2.24) is 24.6 Å². The summed E-state index contributed by atoms with van der Waals surface area (Å²) in [5.74, 6) is 1.53. The summed E-state index contributed by atoms with van der Waals surface area (Å²) in [6.07, 6.45) is 9.20. The molecule has 0 spiro atoms. The summed E-state index contributed by atoms with van der Waals surface area (Å²) in [6.45, 7) is 5.47. The fourth-order valence-electron chi connectivity index (χ4n) is 4.97. The molecule has 5 rings (SSSR count). The van der Waals surface area contributed by atoms with Crippen LogP contribution < -0.4 is 14.4 Å². The number of aromatic nitrogens is 4. The molecular weight excluding hydrogens is 488 g/mol.